The first kappa shape index (κ1) is 5.58. The first-order chi connectivity index (χ1) is 3.84. The largest absolute Gasteiger partial charge is 0.291 e. The fourth-order valence-electron chi connectivity index (χ4n) is 0.756. The quantitative estimate of drug-likeness (QED) is 0.487. The highest BCUT2D eigenvalue weighted by Gasteiger charge is 2.25. The van der Waals surface area contributed by atoms with Crippen LogP contribution in [-0.2, 0) is 0 Å². The van der Waals surface area contributed by atoms with E-state index in [-0.39, 0.29) is 0 Å². The molecule has 1 aliphatic carbocycles. The molecular weight excluding hydrogens is 100 g/mol. The van der Waals surface area contributed by atoms with E-state index in [9.17, 15) is 0 Å². The first-order valence-electron chi connectivity index (χ1n) is 2.92. The molecule has 1 saturated carbocycles. The van der Waals surface area contributed by atoms with Gasteiger partial charge in [0.25, 0.3) is 0 Å². The Balaban J connectivity index is 2.15. The van der Waals surface area contributed by atoms with E-state index in [2.05, 4.69) is 11.0 Å². The highest BCUT2D eigenvalue weighted by molar-refractivity contribution is 4.87. The molecule has 0 amide bonds. The van der Waals surface area contributed by atoms with Gasteiger partial charge in [-0.3, -0.25) is 4.90 Å². The Labute approximate surface area is 49.7 Å². The molecule has 0 N–H and O–H groups in total. The van der Waals surface area contributed by atoms with E-state index in [1.54, 1.807) is 0 Å². The average molecular weight is 110 g/mol. The maximum absolute atomic E-state index is 8.22. The Morgan fingerprint density at radius 1 is 1.75 bits per heavy atom. The summed E-state index contributed by atoms with van der Waals surface area (Å²) >= 11 is 0. The zero-order valence-electron chi connectivity index (χ0n) is 5.09. The predicted molar refractivity (Wildman–Crippen MR) is 31.3 cm³/mol. The second kappa shape index (κ2) is 2.15. The summed E-state index contributed by atoms with van der Waals surface area (Å²) in [7, 11) is 2.00. The molecule has 8 heavy (non-hydrogen) atoms. The lowest BCUT2D eigenvalue weighted by molar-refractivity contribution is 0.364. The van der Waals surface area contributed by atoms with Gasteiger partial charge in [0.1, 0.15) is 0 Å². The molecule has 0 saturated heterocycles. The smallest absolute Gasteiger partial charge is 0.0865 e. The molecule has 0 atom stereocenters. The Kier molecular flexibility index (Phi) is 1.50. The van der Waals surface area contributed by atoms with Crippen molar-refractivity contribution < 1.29 is 0 Å². The van der Waals surface area contributed by atoms with E-state index in [1.165, 1.54) is 12.8 Å². The summed E-state index contributed by atoms with van der Waals surface area (Å²) in [5.41, 5.74) is 0. The van der Waals surface area contributed by atoms with Crippen molar-refractivity contribution in [2.45, 2.75) is 18.9 Å². The van der Waals surface area contributed by atoms with Gasteiger partial charge in [-0.25, -0.2) is 0 Å². The number of hydrogen-bond acceptors (Lipinski definition) is 2. The van der Waals surface area contributed by atoms with E-state index in [1.807, 2.05) is 7.05 Å². The van der Waals surface area contributed by atoms with Crippen molar-refractivity contribution in [3.63, 3.8) is 0 Å². The van der Waals surface area contributed by atoms with Gasteiger partial charge in [-0.15, -0.1) is 0 Å². The van der Waals surface area contributed by atoms with Crippen LogP contribution >= 0.6 is 0 Å². The van der Waals surface area contributed by atoms with Gasteiger partial charge < -0.3 is 0 Å². The van der Waals surface area contributed by atoms with Crippen LogP contribution in [0.5, 0.6) is 0 Å². The van der Waals surface area contributed by atoms with Crippen molar-refractivity contribution in [1.82, 2.24) is 4.90 Å². The maximum atomic E-state index is 8.22. The minimum Gasteiger partial charge on any atom is -0.291 e. The van der Waals surface area contributed by atoms with Gasteiger partial charge in [-0.2, -0.15) is 5.26 Å². The Bertz CT molecular complexity index is 110. The molecule has 44 valence electrons. The second-order valence-electron chi connectivity index (χ2n) is 2.30. The van der Waals surface area contributed by atoms with Crippen LogP contribution in [0.1, 0.15) is 12.8 Å². The van der Waals surface area contributed by atoms with Gasteiger partial charge in [0.2, 0.25) is 0 Å². The predicted octanol–water partition coefficient (Wildman–Crippen LogP) is 0.604. The molecule has 0 bridgehead atoms. The summed E-state index contributed by atoms with van der Waals surface area (Å²) in [4.78, 5) is 2.10. The van der Waals surface area contributed by atoms with Gasteiger partial charge in [0, 0.05) is 6.04 Å². The van der Waals surface area contributed by atoms with Crippen molar-refractivity contribution in [3.05, 3.63) is 0 Å². The van der Waals surface area contributed by atoms with Crippen LogP contribution in [0.3, 0.4) is 0 Å². The maximum Gasteiger partial charge on any atom is 0.0865 e. The SMILES string of the molecule is CN(CC#N)C1CC1. The third-order valence-electron chi connectivity index (χ3n) is 1.49. The molecule has 2 heteroatoms. The summed E-state index contributed by atoms with van der Waals surface area (Å²) < 4.78 is 0. The van der Waals surface area contributed by atoms with Crippen LogP contribution in [0.2, 0.25) is 0 Å². The number of hydrogen-bond donors (Lipinski definition) is 0. The zero-order chi connectivity index (χ0) is 5.98. The van der Waals surface area contributed by atoms with Crippen LogP contribution in [0.4, 0.5) is 0 Å². The Morgan fingerprint density at radius 3 is 2.75 bits per heavy atom. The Morgan fingerprint density at radius 2 is 2.38 bits per heavy atom. The number of rotatable bonds is 2. The van der Waals surface area contributed by atoms with Crippen molar-refractivity contribution in [2.75, 3.05) is 13.6 Å². The van der Waals surface area contributed by atoms with E-state index >= 15 is 0 Å². The van der Waals surface area contributed by atoms with E-state index in [4.69, 9.17) is 5.26 Å². The van der Waals surface area contributed by atoms with Gasteiger partial charge in [-0.05, 0) is 19.9 Å². The fraction of sp³-hybridized carbons (Fsp3) is 0.833. The van der Waals surface area contributed by atoms with Gasteiger partial charge >= 0.3 is 0 Å². The van der Waals surface area contributed by atoms with Crippen LogP contribution in [-0.4, -0.2) is 24.5 Å². The van der Waals surface area contributed by atoms with Crippen LogP contribution in [0.25, 0.3) is 0 Å². The topological polar surface area (TPSA) is 27.0 Å². The highest BCUT2D eigenvalue weighted by atomic mass is 15.1. The van der Waals surface area contributed by atoms with Crippen molar-refractivity contribution >= 4 is 0 Å². The minimum absolute atomic E-state index is 0.588. The zero-order valence-corrected chi connectivity index (χ0v) is 5.09. The van der Waals surface area contributed by atoms with Crippen molar-refractivity contribution in [3.8, 4) is 6.07 Å². The average Bonchev–Trinajstić information content (AvgIpc) is 2.45. The molecule has 1 aliphatic rings. The van der Waals surface area contributed by atoms with Gasteiger partial charge in [0.05, 0.1) is 12.6 Å². The first-order valence-corrected chi connectivity index (χ1v) is 2.92. The molecular formula is C6H10N2. The highest BCUT2D eigenvalue weighted by Crippen LogP contribution is 2.24. The third kappa shape index (κ3) is 1.21. The molecule has 2 nitrogen and oxygen atoms in total. The summed E-state index contributed by atoms with van der Waals surface area (Å²) in [5.74, 6) is 0. The standard InChI is InChI=1S/C6H10N2/c1-8(5-4-7)6-2-3-6/h6H,2-3,5H2,1H3. The molecule has 0 radical (unpaired) electrons. The molecule has 0 spiro atoms. The number of nitriles is 1. The monoisotopic (exact) mass is 110 g/mol. The van der Waals surface area contributed by atoms with Gasteiger partial charge in [-0.1, -0.05) is 0 Å². The van der Waals surface area contributed by atoms with E-state index in [0.717, 1.165) is 6.04 Å². The molecule has 1 rings (SSSR count). The lowest BCUT2D eigenvalue weighted by atomic mass is 10.5. The molecule has 1 fully saturated rings. The van der Waals surface area contributed by atoms with Crippen LogP contribution in [0, 0.1) is 11.3 Å². The number of nitrogens with zero attached hydrogens (tertiary/aromatic N) is 2. The molecule has 0 heterocycles. The minimum atomic E-state index is 0.588. The molecule has 0 aromatic rings. The van der Waals surface area contributed by atoms with E-state index in [0.29, 0.717) is 6.54 Å². The second-order valence-corrected chi connectivity index (χ2v) is 2.30. The molecule has 0 aliphatic heterocycles. The van der Waals surface area contributed by atoms with Gasteiger partial charge in [0.15, 0.2) is 0 Å². The molecule has 0 aromatic heterocycles. The fourth-order valence-corrected chi connectivity index (χ4v) is 0.756. The van der Waals surface area contributed by atoms with E-state index < -0.39 is 0 Å². The van der Waals surface area contributed by atoms with Crippen LogP contribution in [0.15, 0.2) is 0 Å². The van der Waals surface area contributed by atoms with Crippen molar-refractivity contribution in [2.24, 2.45) is 0 Å². The normalized spacial score (nSPS) is 18.6. The molecule has 0 unspecified atom stereocenters. The third-order valence-corrected chi connectivity index (χ3v) is 1.49. The van der Waals surface area contributed by atoms with Crippen molar-refractivity contribution in [1.29, 1.82) is 5.26 Å². The Hall–Kier alpha value is -0.550. The molecule has 0 aromatic carbocycles. The lowest BCUT2D eigenvalue weighted by Crippen LogP contribution is -2.20. The van der Waals surface area contributed by atoms with Crippen LogP contribution < -0.4 is 0 Å². The summed E-state index contributed by atoms with van der Waals surface area (Å²) in [6.45, 7) is 0.588. The summed E-state index contributed by atoms with van der Waals surface area (Å²) in [6.07, 6.45) is 2.58. The summed E-state index contributed by atoms with van der Waals surface area (Å²) in [5, 5.41) is 8.22. The summed E-state index contributed by atoms with van der Waals surface area (Å²) in [6, 6.07) is 2.85. The lowest BCUT2D eigenvalue weighted by Gasteiger charge is -2.08.